The van der Waals surface area contributed by atoms with Gasteiger partial charge in [0.1, 0.15) is 0 Å². The Hall–Kier alpha value is -2.64. The Balaban J connectivity index is 1.91. The van der Waals surface area contributed by atoms with Gasteiger partial charge >= 0.3 is 0 Å². The van der Waals surface area contributed by atoms with E-state index in [1.165, 1.54) is 0 Å². The van der Waals surface area contributed by atoms with Gasteiger partial charge in [0.15, 0.2) is 0 Å². The van der Waals surface area contributed by atoms with E-state index in [2.05, 4.69) is 31.0 Å². The van der Waals surface area contributed by atoms with Gasteiger partial charge in [0, 0.05) is 76.4 Å². The quantitative estimate of drug-likeness (QED) is 0.423. The minimum absolute atomic E-state index is 0.0719. The van der Waals surface area contributed by atoms with Crippen molar-refractivity contribution >= 4 is 28.3 Å². The first-order chi connectivity index (χ1) is 16.7. The molecular formula is C28H39N3O4. The van der Waals surface area contributed by atoms with Crippen molar-refractivity contribution in [2.45, 2.75) is 51.4 Å². The van der Waals surface area contributed by atoms with Gasteiger partial charge < -0.3 is 24.3 Å². The summed E-state index contributed by atoms with van der Waals surface area (Å²) in [6, 6.07) is 4.26. The fourth-order valence-electron chi connectivity index (χ4n) is 5.70. The number of aromatic amines is 1. The number of anilines is 1. The lowest BCUT2D eigenvalue weighted by Gasteiger charge is -2.29. The average molecular weight is 482 g/mol. The first kappa shape index (κ1) is 25.5. The highest BCUT2D eigenvalue weighted by Crippen LogP contribution is 2.49. The van der Waals surface area contributed by atoms with Crippen LogP contribution in [0.2, 0.25) is 0 Å². The topological polar surface area (TPSA) is 74.9 Å². The van der Waals surface area contributed by atoms with Crippen LogP contribution in [0, 0.1) is 5.92 Å². The monoisotopic (exact) mass is 481 g/mol. The Kier molecular flexibility index (Phi) is 7.38. The number of Topliss-reactive ketones (excluding diaryl/α,β-unsaturated/α-hetero) is 1. The number of nitrogens with one attached hydrogen (secondary N) is 1. The highest BCUT2D eigenvalue weighted by molar-refractivity contribution is 6.14. The number of aryl methyl sites for hydroxylation is 1. The van der Waals surface area contributed by atoms with Gasteiger partial charge in [-0.1, -0.05) is 13.8 Å². The number of fused-ring (bicyclic) bond motifs is 4. The molecule has 2 aliphatic rings. The molecule has 0 radical (unpaired) electrons. The van der Waals surface area contributed by atoms with Gasteiger partial charge in [-0.25, -0.2) is 0 Å². The summed E-state index contributed by atoms with van der Waals surface area (Å²) in [5.74, 6) is 0.524. The first-order valence-electron chi connectivity index (χ1n) is 12.6. The van der Waals surface area contributed by atoms with Crippen LogP contribution in [0.3, 0.4) is 0 Å². The summed E-state index contributed by atoms with van der Waals surface area (Å²) in [4.78, 5) is 34.8. The molecule has 190 valence electrons. The van der Waals surface area contributed by atoms with Crippen molar-refractivity contribution in [2.24, 2.45) is 5.92 Å². The van der Waals surface area contributed by atoms with Gasteiger partial charge in [0.05, 0.1) is 11.1 Å². The van der Waals surface area contributed by atoms with Gasteiger partial charge in [0.25, 0.3) is 0 Å². The van der Waals surface area contributed by atoms with E-state index in [1.807, 2.05) is 30.1 Å². The predicted molar refractivity (Wildman–Crippen MR) is 139 cm³/mol. The number of carbonyl (C=O) groups is 2. The second kappa shape index (κ2) is 10.2. The minimum Gasteiger partial charge on any atom is -0.385 e. The van der Waals surface area contributed by atoms with Gasteiger partial charge in [-0.3, -0.25) is 9.59 Å². The maximum atomic E-state index is 14.0. The molecule has 2 aromatic rings. The second-order valence-electron chi connectivity index (χ2n) is 10.6. The highest BCUT2D eigenvalue weighted by atomic mass is 16.5. The Morgan fingerprint density at radius 2 is 1.80 bits per heavy atom. The van der Waals surface area contributed by atoms with Crippen LogP contribution in [0.15, 0.2) is 23.9 Å². The lowest BCUT2D eigenvalue weighted by molar-refractivity contribution is -0.124. The van der Waals surface area contributed by atoms with Crippen molar-refractivity contribution < 1.29 is 19.1 Å². The van der Waals surface area contributed by atoms with Gasteiger partial charge in [-0.2, -0.15) is 0 Å². The summed E-state index contributed by atoms with van der Waals surface area (Å²) in [6.45, 7) is 5.90. The number of hydrogen-bond donors (Lipinski definition) is 1. The number of allylic oxidation sites excluding steroid dienone is 1. The van der Waals surface area contributed by atoms with Crippen LogP contribution in [0.1, 0.15) is 61.1 Å². The molecule has 0 saturated heterocycles. The number of ether oxygens (including phenoxy) is 2. The molecule has 1 amide bonds. The molecule has 0 atom stereocenters. The van der Waals surface area contributed by atoms with Crippen molar-refractivity contribution in [3.8, 4) is 0 Å². The van der Waals surface area contributed by atoms with Crippen LogP contribution in [0.5, 0.6) is 0 Å². The lowest BCUT2D eigenvalue weighted by Crippen LogP contribution is -2.43. The minimum atomic E-state index is -0.701. The number of H-pyrrole nitrogens is 1. The van der Waals surface area contributed by atoms with Crippen molar-refractivity contribution in [3.05, 3.63) is 40.7 Å². The van der Waals surface area contributed by atoms with E-state index in [9.17, 15) is 9.59 Å². The molecule has 4 rings (SSSR count). The maximum absolute atomic E-state index is 14.0. The number of methoxy groups -OCH3 is 2. The normalized spacial score (nSPS) is 18.5. The van der Waals surface area contributed by atoms with Crippen LogP contribution < -0.4 is 4.90 Å². The number of amides is 1. The number of aromatic nitrogens is 1. The molecule has 1 aliphatic heterocycles. The summed E-state index contributed by atoms with van der Waals surface area (Å²) in [6.07, 6.45) is 5.64. The number of carbonyl (C=O) groups excluding carboxylic acids is 2. The van der Waals surface area contributed by atoms with E-state index in [-0.39, 0.29) is 11.7 Å². The average Bonchev–Trinajstić information content (AvgIpc) is 3.21. The SMILES string of the molecule is COCCC1(CCOC)C(=O)N(CC(C)C)c2cc3c4c([nH]c3cc21)C(=O)C(=CN(C)C)CCC4. The summed E-state index contributed by atoms with van der Waals surface area (Å²) < 4.78 is 10.9. The molecule has 0 spiro atoms. The molecule has 1 N–H and O–H groups in total. The summed E-state index contributed by atoms with van der Waals surface area (Å²) in [5.41, 5.74) is 4.79. The lowest BCUT2D eigenvalue weighted by atomic mass is 9.76. The fourth-order valence-corrected chi connectivity index (χ4v) is 5.70. The third kappa shape index (κ3) is 4.52. The third-order valence-corrected chi connectivity index (χ3v) is 7.30. The highest BCUT2D eigenvalue weighted by Gasteiger charge is 2.50. The fraction of sp³-hybridized carbons (Fsp3) is 0.571. The van der Waals surface area contributed by atoms with Crippen LogP contribution in [-0.2, 0) is 26.1 Å². The second-order valence-corrected chi connectivity index (χ2v) is 10.6. The molecule has 7 heteroatoms. The van der Waals surface area contributed by atoms with E-state index in [0.29, 0.717) is 44.2 Å². The third-order valence-electron chi connectivity index (χ3n) is 7.30. The molecule has 2 heterocycles. The number of rotatable bonds is 9. The van der Waals surface area contributed by atoms with E-state index in [4.69, 9.17) is 9.47 Å². The molecular weight excluding hydrogens is 442 g/mol. The van der Waals surface area contributed by atoms with E-state index in [0.717, 1.165) is 52.6 Å². The first-order valence-corrected chi connectivity index (χ1v) is 12.6. The van der Waals surface area contributed by atoms with Crippen LogP contribution in [-0.4, -0.2) is 69.6 Å². The van der Waals surface area contributed by atoms with Crippen LogP contribution in [0.25, 0.3) is 10.9 Å². The Labute approximate surface area is 208 Å². The van der Waals surface area contributed by atoms with Gasteiger partial charge in [0.2, 0.25) is 11.7 Å². The van der Waals surface area contributed by atoms with Crippen molar-refractivity contribution in [3.63, 3.8) is 0 Å². The molecule has 0 unspecified atom stereocenters. The molecule has 0 saturated carbocycles. The van der Waals surface area contributed by atoms with E-state index in [1.54, 1.807) is 14.2 Å². The van der Waals surface area contributed by atoms with Gasteiger partial charge in [-0.05, 0) is 61.3 Å². The Morgan fingerprint density at radius 3 is 2.40 bits per heavy atom. The molecule has 0 fully saturated rings. The molecule has 0 bridgehead atoms. The molecule has 35 heavy (non-hydrogen) atoms. The smallest absolute Gasteiger partial charge is 0.237 e. The van der Waals surface area contributed by atoms with Crippen molar-refractivity contribution in [1.82, 2.24) is 9.88 Å². The zero-order chi connectivity index (χ0) is 25.3. The van der Waals surface area contributed by atoms with E-state index >= 15 is 0 Å². The van der Waals surface area contributed by atoms with Crippen molar-refractivity contribution in [2.75, 3.05) is 53.0 Å². The van der Waals surface area contributed by atoms with Crippen LogP contribution in [0.4, 0.5) is 5.69 Å². The predicted octanol–water partition coefficient (Wildman–Crippen LogP) is 4.45. The standard InChI is InChI=1S/C28H39N3O4/c1-18(2)16-31-24-14-21-20-9-7-8-19(17-30(3)4)26(32)25(20)29-23(21)15-22(24)28(27(31)33,10-12-34-5)11-13-35-6/h14-15,17-18,29H,7-13,16H2,1-6H3. The number of ketones is 1. The number of nitrogens with zero attached hydrogens (tertiary/aromatic N) is 2. The van der Waals surface area contributed by atoms with Gasteiger partial charge in [-0.15, -0.1) is 0 Å². The summed E-state index contributed by atoms with van der Waals surface area (Å²) in [5, 5.41) is 1.05. The molecule has 1 aromatic heterocycles. The Bertz CT molecular complexity index is 1140. The van der Waals surface area contributed by atoms with E-state index < -0.39 is 5.41 Å². The largest absolute Gasteiger partial charge is 0.385 e. The zero-order valence-corrected chi connectivity index (χ0v) is 22.0. The Morgan fingerprint density at radius 1 is 1.11 bits per heavy atom. The number of benzene rings is 1. The zero-order valence-electron chi connectivity index (χ0n) is 22.0. The van der Waals surface area contributed by atoms with Crippen molar-refractivity contribution in [1.29, 1.82) is 0 Å². The summed E-state index contributed by atoms with van der Waals surface area (Å²) >= 11 is 0. The molecule has 1 aliphatic carbocycles. The number of hydrogen-bond acceptors (Lipinski definition) is 5. The molecule has 7 nitrogen and oxygen atoms in total. The van der Waals surface area contributed by atoms with Crippen LogP contribution >= 0.6 is 0 Å². The molecule has 1 aromatic carbocycles. The summed E-state index contributed by atoms with van der Waals surface area (Å²) in [7, 11) is 7.24. The maximum Gasteiger partial charge on any atom is 0.237 e.